The van der Waals surface area contributed by atoms with Gasteiger partial charge in [0.25, 0.3) is 0 Å². The molecule has 0 aliphatic carbocycles. The van der Waals surface area contributed by atoms with E-state index in [-0.39, 0.29) is 0 Å². The summed E-state index contributed by atoms with van der Waals surface area (Å²) < 4.78 is 5.29. The number of hydrogen-bond acceptors (Lipinski definition) is 5. The van der Waals surface area contributed by atoms with Crippen molar-refractivity contribution in [3.05, 3.63) is 28.2 Å². The molecule has 17 heavy (non-hydrogen) atoms. The minimum atomic E-state index is 0.644. The van der Waals surface area contributed by atoms with Gasteiger partial charge in [0.05, 0.1) is 12.7 Å². The van der Waals surface area contributed by atoms with E-state index >= 15 is 0 Å². The van der Waals surface area contributed by atoms with Crippen molar-refractivity contribution in [2.24, 2.45) is 0 Å². The van der Waals surface area contributed by atoms with Crippen LogP contribution in [0.25, 0.3) is 10.6 Å². The number of methoxy groups -OCH3 is 1. The third-order valence-corrected chi connectivity index (χ3v) is 3.38. The minimum absolute atomic E-state index is 0.644. The van der Waals surface area contributed by atoms with E-state index in [2.05, 4.69) is 15.5 Å². The lowest BCUT2D eigenvalue weighted by Gasteiger charge is -2.05. The highest BCUT2D eigenvalue weighted by atomic mass is 35.5. The fourth-order valence-electron chi connectivity index (χ4n) is 1.43. The average Bonchev–Trinajstić information content (AvgIpc) is 2.78. The van der Waals surface area contributed by atoms with Crippen LogP contribution in [0.15, 0.2) is 18.2 Å². The molecule has 0 saturated carbocycles. The maximum absolute atomic E-state index is 5.92. The van der Waals surface area contributed by atoms with E-state index in [9.17, 15) is 0 Å². The molecule has 1 heterocycles. The number of hydrogen-bond donors (Lipinski definition) is 1. The zero-order valence-corrected chi connectivity index (χ0v) is 11.1. The maximum atomic E-state index is 5.92. The number of nitrogens with one attached hydrogen (secondary N) is 1. The van der Waals surface area contributed by atoms with Gasteiger partial charge in [-0.2, -0.15) is 0 Å². The molecule has 0 aliphatic heterocycles. The molecule has 0 bridgehead atoms. The normalized spacial score (nSPS) is 10.5. The second kappa shape index (κ2) is 5.44. The monoisotopic (exact) mass is 269 g/mol. The summed E-state index contributed by atoms with van der Waals surface area (Å²) in [5.41, 5.74) is 0.914. The Morgan fingerprint density at radius 3 is 2.94 bits per heavy atom. The fourth-order valence-corrected chi connectivity index (χ4v) is 2.47. The summed E-state index contributed by atoms with van der Waals surface area (Å²) in [7, 11) is 3.49. The summed E-state index contributed by atoms with van der Waals surface area (Å²) in [6.45, 7) is 0.716. The topological polar surface area (TPSA) is 47.0 Å². The quantitative estimate of drug-likeness (QED) is 0.927. The largest absolute Gasteiger partial charge is 0.496 e. The van der Waals surface area contributed by atoms with Crippen LogP contribution >= 0.6 is 22.9 Å². The summed E-state index contributed by atoms with van der Waals surface area (Å²) in [5.74, 6) is 0.713. The van der Waals surface area contributed by atoms with Gasteiger partial charge in [-0.3, -0.25) is 0 Å². The number of nitrogens with zero attached hydrogens (tertiary/aromatic N) is 2. The number of halogens is 1. The summed E-state index contributed by atoms with van der Waals surface area (Å²) in [6.07, 6.45) is 0. The first-order valence-corrected chi connectivity index (χ1v) is 6.25. The Hall–Kier alpha value is -1.17. The van der Waals surface area contributed by atoms with Crippen molar-refractivity contribution in [3.8, 4) is 16.3 Å². The van der Waals surface area contributed by atoms with Gasteiger partial charge in [-0.15, -0.1) is 10.2 Å². The first-order chi connectivity index (χ1) is 8.24. The number of ether oxygens (including phenoxy) is 1. The molecule has 90 valence electrons. The molecule has 2 rings (SSSR count). The predicted octanol–water partition coefficient (Wildman–Crippen LogP) is 2.59. The Balaban J connectivity index is 2.37. The van der Waals surface area contributed by atoms with Gasteiger partial charge in [-0.25, -0.2) is 0 Å². The molecule has 0 unspecified atom stereocenters. The molecule has 1 aromatic heterocycles. The SMILES string of the molecule is CNCc1nnc(-c2ccc(Cl)cc2OC)s1. The molecular formula is C11H12ClN3OS. The minimum Gasteiger partial charge on any atom is -0.496 e. The molecule has 6 heteroatoms. The summed E-state index contributed by atoms with van der Waals surface area (Å²) in [4.78, 5) is 0. The van der Waals surface area contributed by atoms with Gasteiger partial charge in [-0.1, -0.05) is 22.9 Å². The van der Waals surface area contributed by atoms with Gasteiger partial charge in [-0.05, 0) is 25.2 Å². The molecule has 0 fully saturated rings. The van der Waals surface area contributed by atoms with Gasteiger partial charge in [0.1, 0.15) is 10.8 Å². The molecule has 2 aromatic rings. The highest BCUT2D eigenvalue weighted by Gasteiger charge is 2.11. The third kappa shape index (κ3) is 2.74. The van der Waals surface area contributed by atoms with Crippen molar-refractivity contribution >= 4 is 22.9 Å². The van der Waals surface area contributed by atoms with Crippen LogP contribution in [-0.4, -0.2) is 24.4 Å². The first-order valence-electron chi connectivity index (χ1n) is 5.05. The van der Waals surface area contributed by atoms with Crippen LogP contribution in [0.1, 0.15) is 5.01 Å². The summed E-state index contributed by atoms with van der Waals surface area (Å²) >= 11 is 7.45. The van der Waals surface area contributed by atoms with E-state index in [0.29, 0.717) is 17.3 Å². The van der Waals surface area contributed by atoms with Crippen LogP contribution < -0.4 is 10.1 Å². The zero-order chi connectivity index (χ0) is 12.3. The fraction of sp³-hybridized carbons (Fsp3) is 0.273. The lowest BCUT2D eigenvalue weighted by molar-refractivity contribution is 0.416. The molecular weight excluding hydrogens is 258 g/mol. The summed E-state index contributed by atoms with van der Waals surface area (Å²) in [6, 6.07) is 5.49. The molecule has 0 aliphatic rings. The van der Waals surface area contributed by atoms with E-state index in [1.54, 1.807) is 13.2 Å². The van der Waals surface area contributed by atoms with Gasteiger partial charge in [0.2, 0.25) is 0 Å². The van der Waals surface area contributed by atoms with Crippen molar-refractivity contribution in [2.75, 3.05) is 14.2 Å². The standard InChI is InChI=1S/C11H12ClN3OS/c1-13-6-10-14-15-11(17-10)8-4-3-7(12)5-9(8)16-2/h3-5,13H,6H2,1-2H3. The first kappa shape index (κ1) is 12.3. The summed E-state index contributed by atoms with van der Waals surface area (Å²) in [5, 5.41) is 13.7. The number of benzene rings is 1. The highest BCUT2D eigenvalue weighted by molar-refractivity contribution is 7.14. The van der Waals surface area contributed by atoms with E-state index in [0.717, 1.165) is 15.6 Å². The molecule has 0 atom stereocenters. The lowest BCUT2D eigenvalue weighted by Crippen LogP contribution is -2.04. The van der Waals surface area contributed by atoms with Crippen LogP contribution in [0.3, 0.4) is 0 Å². The van der Waals surface area contributed by atoms with Crippen LogP contribution in [0, 0.1) is 0 Å². The third-order valence-electron chi connectivity index (χ3n) is 2.19. The molecule has 0 spiro atoms. The van der Waals surface area contributed by atoms with Crippen molar-refractivity contribution < 1.29 is 4.74 Å². The maximum Gasteiger partial charge on any atom is 0.151 e. The van der Waals surface area contributed by atoms with Crippen LogP contribution in [0.5, 0.6) is 5.75 Å². The van der Waals surface area contributed by atoms with E-state index in [4.69, 9.17) is 16.3 Å². The lowest BCUT2D eigenvalue weighted by atomic mass is 10.2. The molecule has 0 radical (unpaired) electrons. The molecule has 1 N–H and O–H groups in total. The smallest absolute Gasteiger partial charge is 0.151 e. The molecule has 4 nitrogen and oxygen atoms in total. The zero-order valence-electron chi connectivity index (χ0n) is 9.53. The predicted molar refractivity (Wildman–Crippen MR) is 69.7 cm³/mol. The van der Waals surface area contributed by atoms with E-state index in [1.165, 1.54) is 11.3 Å². The molecule has 0 amide bonds. The van der Waals surface area contributed by atoms with Crippen molar-refractivity contribution in [3.63, 3.8) is 0 Å². The van der Waals surface area contributed by atoms with Crippen LogP contribution in [0.2, 0.25) is 5.02 Å². The van der Waals surface area contributed by atoms with Gasteiger partial charge in [0, 0.05) is 11.6 Å². The Bertz CT molecular complexity index is 515. The molecule has 0 saturated heterocycles. The van der Waals surface area contributed by atoms with E-state index in [1.807, 2.05) is 19.2 Å². The number of rotatable bonds is 4. The second-order valence-corrected chi connectivity index (χ2v) is 4.87. The van der Waals surface area contributed by atoms with Crippen molar-refractivity contribution in [2.45, 2.75) is 6.54 Å². The highest BCUT2D eigenvalue weighted by Crippen LogP contribution is 2.33. The molecule has 1 aromatic carbocycles. The van der Waals surface area contributed by atoms with E-state index < -0.39 is 0 Å². The van der Waals surface area contributed by atoms with Crippen molar-refractivity contribution in [1.29, 1.82) is 0 Å². The second-order valence-electron chi connectivity index (χ2n) is 3.38. The van der Waals surface area contributed by atoms with Gasteiger partial charge in [0.15, 0.2) is 5.01 Å². The van der Waals surface area contributed by atoms with Gasteiger partial charge < -0.3 is 10.1 Å². The Morgan fingerprint density at radius 1 is 1.41 bits per heavy atom. The number of aromatic nitrogens is 2. The Morgan fingerprint density at radius 2 is 2.24 bits per heavy atom. The van der Waals surface area contributed by atoms with Crippen molar-refractivity contribution in [1.82, 2.24) is 15.5 Å². The van der Waals surface area contributed by atoms with Crippen LogP contribution in [0.4, 0.5) is 0 Å². The van der Waals surface area contributed by atoms with Gasteiger partial charge >= 0.3 is 0 Å². The average molecular weight is 270 g/mol. The Kier molecular flexibility index (Phi) is 3.93. The van der Waals surface area contributed by atoms with Crippen LogP contribution in [-0.2, 0) is 6.54 Å². The Labute approximate surface area is 109 Å².